The Kier molecular flexibility index (Phi) is 5.32. The second-order valence-corrected chi connectivity index (χ2v) is 7.74. The van der Waals surface area contributed by atoms with Crippen LogP contribution in [-0.4, -0.2) is 57.0 Å². The number of carbonyl (C=O) groups is 1. The molecule has 0 radical (unpaired) electrons. The van der Waals surface area contributed by atoms with Gasteiger partial charge in [-0.1, -0.05) is 23.4 Å². The molecule has 0 aliphatic carbocycles. The van der Waals surface area contributed by atoms with E-state index in [9.17, 15) is 4.79 Å². The predicted octanol–water partition coefficient (Wildman–Crippen LogP) is 3.06. The fourth-order valence-corrected chi connectivity index (χ4v) is 3.96. The van der Waals surface area contributed by atoms with E-state index < -0.39 is 0 Å². The number of rotatable bonds is 6. The van der Waals surface area contributed by atoms with E-state index in [0.717, 1.165) is 28.6 Å². The molecule has 1 aliphatic heterocycles. The summed E-state index contributed by atoms with van der Waals surface area (Å²) in [5.41, 5.74) is 2.26. The molecule has 0 N–H and O–H groups in total. The van der Waals surface area contributed by atoms with Crippen LogP contribution in [0.3, 0.4) is 0 Å². The number of amides is 1. The van der Waals surface area contributed by atoms with Crippen molar-refractivity contribution in [2.24, 2.45) is 7.05 Å². The predicted molar refractivity (Wildman–Crippen MR) is 116 cm³/mol. The number of fused-ring (bicyclic) bond motifs is 1. The van der Waals surface area contributed by atoms with Gasteiger partial charge in [-0.3, -0.25) is 9.48 Å². The lowest BCUT2D eigenvalue weighted by molar-refractivity contribution is 0.0767. The molecule has 1 fully saturated rings. The summed E-state index contributed by atoms with van der Waals surface area (Å²) in [5, 5.41) is 9.28. The van der Waals surface area contributed by atoms with Gasteiger partial charge < -0.3 is 18.9 Å². The van der Waals surface area contributed by atoms with Crippen molar-refractivity contribution >= 4 is 16.8 Å². The van der Waals surface area contributed by atoms with Gasteiger partial charge in [-0.2, -0.15) is 10.1 Å². The fourth-order valence-electron chi connectivity index (χ4n) is 3.96. The molecule has 0 unspecified atom stereocenters. The first-order valence-corrected chi connectivity index (χ1v) is 10.4. The maximum absolute atomic E-state index is 13.1. The summed E-state index contributed by atoms with van der Waals surface area (Å²) in [4.78, 5) is 19.2. The van der Waals surface area contributed by atoms with Crippen LogP contribution in [0.1, 0.15) is 22.8 Å². The highest BCUT2D eigenvalue weighted by molar-refractivity contribution is 6.04. The number of methoxy groups -OCH3 is 1. The third kappa shape index (κ3) is 3.82. The Morgan fingerprint density at radius 1 is 1.19 bits per heavy atom. The van der Waals surface area contributed by atoms with Gasteiger partial charge in [0.05, 0.1) is 12.1 Å². The van der Waals surface area contributed by atoms with E-state index in [4.69, 9.17) is 14.0 Å². The van der Waals surface area contributed by atoms with E-state index in [1.807, 2.05) is 60.5 Å². The van der Waals surface area contributed by atoms with Crippen LogP contribution in [0.5, 0.6) is 5.75 Å². The highest BCUT2D eigenvalue weighted by atomic mass is 16.5. The molecule has 2 aromatic heterocycles. The minimum atomic E-state index is -0.0711. The number of hydrogen-bond acceptors (Lipinski definition) is 7. The van der Waals surface area contributed by atoms with Crippen LogP contribution < -0.4 is 4.74 Å². The van der Waals surface area contributed by atoms with E-state index in [0.29, 0.717) is 30.5 Å². The van der Waals surface area contributed by atoms with Gasteiger partial charge >= 0.3 is 0 Å². The van der Waals surface area contributed by atoms with Crippen LogP contribution in [0.15, 0.2) is 53.1 Å². The Morgan fingerprint density at radius 3 is 2.81 bits per heavy atom. The summed E-state index contributed by atoms with van der Waals surface area (Å²) in [5.74, 6) is 1.60. The first-order valence-electron chi connectivity index (χ1n) is 10.4. The largest absolute Gasteiger partial charge is 0.489 e. The minimum absolute atomic E-state index is 0.0628. The number of hydrogen-bond donors (Lipinski definition) is 0. The molecule has 0 bridgehead atoms. The number of aryl methyl sites for hydroxylation is 1. The fraction of sp³-hybridized carbons (Fsp3) is 0.304. The summed E-state index contributed by atoms with van der Waals surface area (Å²) in [6.45, 7) is 1.44. The zero-order chi connectivity index (χ0) is 22.1. The maximum atomic E-state index is 13.1. The Bertz CT molecular complexity index is 1250. The van der Waals surface area contributed by atoms with Gasteiger partial charge in [0.2, 0.25) is 5.82 Å². The standard InChI is InChI=1S/C23H23N5O4/c1-27-19-6-4-3-5-18(19)21(25-27)23(29)28-12-11-17(13-28)31-16-9-7-15(8-10-16)22-24-20(14-30-2)32-26-22/h3-10,17H,11-14H2,1-2H3/t17-/m1/s1. The van der Waals surface area contributed by atoms with E-state index in [2.05, 4.69) is 15.2 Å². The average molecular weight is 433 g/mol. The van der Waals surface area contributed by atoms with Crippen molar-refractivity contribution in [3.63, 3.8) is 0 Å². The lowest BCUT2D eigenvalue weighted by atomic mass is 10.2. The molecule has 4 aromatic rings. The molecular weight excluding hydrogens is 410 g/mol. The molecule has 164 valence electrons. The zero-order valence-electron chi connectivity index (χ0n) is 17.9. The first kappa shape index (κ1) is 20.2. The van der Waals surface area contributed by atoms with Crippen molar-refractivity contribution in [2.45, 2.75) is 19.1 Å². The van der Waals surface area contributed by atoms with Crippen LogP contribution in [0.2, 0.25) is 0 Å². The molecule has 3 heterocycles. The molecule has 0 spiro atoms. The number of para-hydroxylation sites is 1. The number of benzene rings is 2. The summed E-state index contributed by atoms with van der Waals surface area (Å²) in [6, 6.07) is 15.3. The topological polar surface area (TPSA) is 95.5 Å². The van der Waals surface area contributed by atoms with Gasteiger partial charge in [0.1, 0.15) is 18.5 Å². The van der Waals surface area contributed by atoms with Crippen molar-refractivity contribution in [3.05, 3.63) is 60.1 Å². The van der Waals surface area contributed by atoms with Crippen molar-refractivity contribution < 1.29 is 18.8 Å². The van der Waals surface area contributed by atoms with Crippen LogP contribution in [0.4, 0.5) is 0 Å². The summed E-state index contributed by atoms with van der Waals surface area (Å²) >= 11 is 0. The van der Waals surface area contributed by atoms with Crippen molar-refractivity contribution in [3.8, 4) is 17.1 Å². The Labute approximate surface area is 184 Å². The van der Waals surface area contributed by atoms with Gasteiger partial charge in [0.15, 0.2) is 5.69 Å². The molecule has 1 atom stereocenters. The van der Waals surface area contributed by atoms with Crippen molar-refractivity contribution in [1.82, 2.24) is 24.8 Å². The first-order chi connectivity index (χ1) is 15.6. The molecule has 9 heteroatoms. The van der Waals surface area contributed by atoms with Crippen LogP contribution >= 0.6 is 0 Å². The number of likely N-dealkylation sites (tertiary alicyclic amines) is 1. The van der Waals surface area contributed by atoms with Crippen molar-refractivity contribution in [2.75, 3.05) is 20.2 Å². The lowest BCUT2D eigenvalue weighted by Gasteiger charge is -2.16. The van der Waals surface area contributed by atoms with Crippen LogP contribution in [0.25, 0.3) is 22.3 Å². The van der Waals surface area contributed by atoms with E-state index in [-0.39, 0.29) is 18.6 Å². The van der Waals surface area contributed by atoms with Gasteiger partial charge in [0.25, 0.3) is 11.8 Å². The number of aromatic nitrogens is 4. The highest BCUT2D eigenvalue weighted by Gasteiger charge is 2.30. The minimum Gasteiger partial charge on any atom is -0.489 e. The second kappa shape index (κ2) is 8.43. The highest BCUT2D eigenvalue weighted by Crippen LogP contribution is 2.25. The molecule has 1 amide bonds. The van der Waals surface area contributed by atoms with Gasteiger partial charge in [-0.05, 0) is 30.3 Å². The third-order valence-electron chi connectivity index (χ3n) is 5.54. The van der Waals surface area contributed by atoms with Crippen molar-refractivity contribution in [1.29, 1.82) is 0 Å². The number of ether oxygens (including phenoxy) is 2. The molecule has 5 rings (SSSR count). The normalized spacial score (nSPS) is 16.1. The van der Waals surface area contributed by atoms with E-state index in [1.54, 1.807) is 11.8 Å². The van der Waals surface area contributed by atoms with Gasteiger partial charge in [0, 0.05) is 38.1 Å². The monoisotopic (exact) mass is 433 g/mol. The Hall–Kier alpha value is -3.72. The van der Waals surface area contributed by atoms with Gasteiger partial charge in [-0.15, -0.1) is 0 Å². The Balaban J connectivity index is 1.23. The molecule has 2 aromatic carbocycles. The SMILES string of the molecule is COCc1nc(-c2ccc(O[C@@H]3CCN(C(=O)c4nn(C)c5ccccc45)C3)cc2)no1. The molecule has 0 saturated carbocycles. The summed E-state index contributed by atoms with van der Waals surface area (Å²) in [7, 11) is 3.43. The van der Waals surface area contributed by atoms with E-state index in [1.165, 1.54) is 0 Å². The Morgan fingerprint density at radius 2 is 2.00 bits per heavy atom. The quantitative estimate of drug-likeness (QED) is 0.461. The molecule has 1 aliphatic rings. The van der Waals surface area contributed by atoms with Gasteiger partial charge in [-0.25, -0.2) is 0 Å². The average Bonchev–Trinajstić information content (AvgIpc) is 3.54. The molecule has 32 heavy (non-hydrogen) atoms. The summed E-state index contributed by atoms with van der Waals surface area (Å²) in [6.07, 6.45) is 0.696. The second-order valence-electron chi connectivity index (χ2n) is 7.74. The van der Waals surface area contributed by atoms with Crippen LogP contribution in [0, 0.1) is 0 Å². The molecular formula is C23H23N5O4. The maximum Gasteiger partial charge on any atom is 0.275 e. The number of nitrogens with zero attached hydrogens (tertiary/aromatic N) is 5. The lowest BCUT2D eigenvalue weighted by Crippen LogP contribution is -2.31. The smallest absolute Gasteiger partial charge is 0.275 e. The van der Waals surface area contributed by atoms with E-state index >= 15 is 0 Å². The molecule has 9 nitrogen and oxygen atoms in total. The van der Waals surface area contributed by atoms with Crippen LogP contribution in [-0.2, 0) is 18.4 Å². The zero-order valence-corrected chi connectivity index (χ0v) is 17.9. The third-order valence-corrected chi connectivity index (χ3v) is 5.54. The number of carbonyl (C=O) groups excluding carboxylic acids is 1. The summed E-state index contributed by atoms with van der Waals surface area (Å²) < 4.78 is 18.0. The molecule has 1 saturated heterocycles.